The highest BCUT2D eigenvalue weighted by Gasteiger charge is 2.13. The molecule has 1 heterocycles. The number of hydrogen-bond acceptors (Lipinski definition) is 5. The van der Waals surface area contributed by atoms with Gasteiger partial charge in [0.25, 0.3) is 0 Å². The Balaban J connectivity index is 2.29. The predicted octanol–water partition coefficient (Wildman–Crippen LogP) is 3.06. The van der Waals surface area contributed by atoms with Gasteiger partial charge in [0.15, 0.2) is 5.78 Å². The van der Waals surface area contributed by atoms with Gasteiger partial charge in [-0.3, -0.25) is 4.79 Å². The molecule has 1 aromatic heterocycles. The molecule has 0 aliphatic carbocycles. The topological polar surface area (TPSA) is 60.8 Å². The zero-order valence-corrected chi connectivity index (χ0v) is 13.9. The molecular formula is C17H23NO3S. The molecule has 0 saturated carbocycles. The molecule has 5 heteroatoms. The van der Waals surface area contributed by atoms with E-state index < -0.39 is 6.10 Å². The highest BCUT2D eigenvalue weighted by atomic mass is 32.1. The maximum Gasteiger partial charge on any atom is 0.169 e. The van der Waals surface area contributed by atoms with Crippen molar-refractivity contribution in [3.8, 4) is 0 Å². The highest BCUT2D eigenvalue weighted by molar-refractivity contribution is 7.20. The van der Waals surface area contributed by atoms with Gasteiger partial charge in [0.2, 0.25) is 0 Å². The lowest BCUT2D eigenvalue weighted by Gasteiger charge is -2.26. The van der Waals surface area contributed by atoms with Crippen molar-refractivity contribution in [1.82, 2.24) is 0 Å². The zero-order valence-electron chi connectivity index (χ0n) is 13.1. The number of ketones is 1. The molecule has 1 atom stereocenters. The van der Waals surface area contributed by atoms with E-state index in [4.69, 9.17) is 5.11 Å². The van der Waals surface area contributed by atoms with E-state index in [0.29, 0.717) is 6.54 Å². The summed E-state index contributed by atoms with van der Waals surface area (Å²) in [6, 6.07) is 8.01. The number of carbonyl (C=O) groups excluding carboxylic acids is 1. The fourth-order valence-corrected chi connectivity index (χ4v) is 3.37. The zero-order chi connectivity index (χ0) is 16.1. The standard InChI is InChI=1S/C17H23NO3S/c1-3-4-7-18(10-15(21)11-19)14-6-5-13-8-16(12(2)20)22-17(13)9-14/h5-6,8-9,15,19,21H,3-4,7,10-11H2,1-2H3. The fourth-order valence-electron chi connectivity index (χ4n) is 2.38. The third kappa shape index (κ3) is 4.06. The minimum atomic E-state index is -0.747. The van der Waals surface area contributed by atoms with Gasteiger partial charge in [0.1, 0.15) is 0 Å². The summed E-state index contributed by atoms with van der Waals surface area (Å²) in [5.41, 5.74) is 1.02. The van der Waals surface area contributed by atoms with Crippen LogP contribution in [0, 0.1) is 0 Å². The van der Waals surface area contributed by atoms with E-state index in [0.717, 1.165) is 40.0 Å². The van der Waals surface area contributed by atoms with Gasteiger partial charge in [-0.25, -0.2) is 0 Å². The first-order valence-electron chi connectivity index (χ1n) is 7.63. The lowest BCUT2D eigenvalue weighted by Crippen LogP contribution is -2.35. The molecule has 0 spiro atoms. The van der Waals surface area contributed by atoms with E-state index in [9.17, 15) is 9.90 Å². The number of Topliss-reactive ketones (excluding diaryl/α,β-unsaturated/α-hetero) is 1. The van der Waals surface area contributed by atoms with Gasteiger partial charge < -0.3 is 15.1 Å². The summed E-state index contributed by atoms with van der Waals surface area (Å²) < 4.78 is 1.07. The summed E-state index contributed by atoms with van der Waals surface area (Å²) in [6.07, 6.45) is 1.35. The Bertz CT molecular complexity index is 638. The molecule has 0 bridgehead atoms. The van der Waals surface area contributed by atoms with Crippen LogP contribution in [0.2, 0.25) is 0 Å². The maximum absolute atomic E-state index is 11.5. The van der Waals surface area contributed by atoms with E-state index in [1.807, 2.05) is 18.2 Å². The average molecular weight is 321 g/mol. The number of aliphatic hydroxyl groups is 2. The lowest BCUT2D eigenvalue weighted by molar-refractivity contribution is 0.0998. The van der Waals surface area contributed by atoms with E-state index in [2.05, 4.69) is 17.9 Å². The Morgan fingerprint density at radius 1 is 1.36 bits per heavy atom. The molecule has 2 aromatic rings. The van der Waals surface area contributed by atoms with Crippen molar-refractivity contribution in [2.45, 2.75) is 32.8 Å². The maximum atomic E-state index is 11.5. The van der Waals surface area contributed by atoms with Gasteiger partial charge in [-0.2, -0.15) is 0 Å². The summed E-state index contributed by atoms with van der Waals surface area (Å²) in [5, 5.41) is 19.9. The summed E-state index contributed by atoms with van der Waals surface area (Å²) in [7, 11) is 0. The van der Waals surface area contributed by atoms with Crippen LogP contribution in [0.4, 0.5) is 5.69 Å². The van der Waals surface area contributed by atoms with Crippen molar-refractivity contribution < 1.29 is 15.0 Å². The third-order valence-electron chi connectivity index (χ3n) is 3.64. The molecule has 1 unspecified atom stereocenters. The van der Waals surface area contributed by atoms with Crippen LogP contribution in [0.15, 0.2) is 24.3 Å². The molecule has 4 nitrogen and oxygen atoms in total. The van der Waals surface area contributed by atoms with Crippen LogP contribution in [0.1, 0.15) is 36.4 Å². The van der Waals surface area contributed by atoms with Crippen molar-refractivity contribution in [2.24, 2.45) is 0 Å². The molecule has 0 aliphatic heterocycles. The summed E-state index contributed by atoms with van der Waals surface area (Å²) in [6.45, 7) is 4.72. The molecule has 120 valence electrons. The molecule has 2 rings (SSSR count). The van der Waals surface area contributed by atoms with Crippen LogP contribution >= 0.6 is 11.3 Å². The largest absolute Gasteiger partial charge is 0.394 e. The first kappa shape index (κ1) is 16.9. The first-order chi connectivity index (χ1) is 10.5. The summed E-state index contributed by atoms with van der Waals surface area (Å²) in [4.78, 5) is 14.4. The van der Waals surface area contributed by atoms with Gasteiger partial charge in [0, 0.05) is 23.5 Å². The van der Waals surface area contributed by atoms with Crippen molar-refractivity contribution in [1.29, 1.82) is 0 Å². The minimum absolute atomic E-state index is 0.0845. The number of hydrogen-bond donors (Lipinski definition) is 2. The number of unbranched alkanes of at least 4 members (excludes halogenated alkanes) is 1. The van der Waals surface area contributed by atoms with Crippen LogP contribution in [0.3, 0.4) is 0 Å². The van der Waals surface area contributed by atoms with Crippen LogP contribution < -0.4 is 4.90 Å². The predicted molar refractivity (Wildman–Crippen MR) is 92.0 cm³/mol. The SMILES string of the molecule is CCCCN(CC(O)CO)c1ccc2cc(C(C)=O)sc2c1. The summed E-state index contributed by atoms with van der Waals surface area (Å²) in [5.74, 6) is 0.0845. The minimum Gasteiger partial charge on any atom is -0.394 e. The molecule has 0 radical (unpaired) electrons. The Kier molecular flexibility index (Phi) is 5.94. The molecule has 0 aliphatic rings. The molecule has 2 N–H and O–H groups in total. The number of rotatable bonds is 8. The second-order valence-electron chi connectivity index (χ2n) is 5.52. The van der Waals surface area contributed by atoms with Crippen molar-refractivity contribution >= 4 is 32.9 Å². The van der Waals surface area contributed by atoms with E-state index in [1.54, 1.807) is 6.92 Å². The monoisotopic (exact) mass is 321 g/mol. The van der Waals surface area contributed by atoms with E-state index in [-0.39, 0.29) is 12.4 Å². The van der Waals surface area contributed by atoms with Gasteiger partial charge in [-0.05, 0) is 36.9 Å². The number of anilines is 1. The Morgan fingerprint density at radius 3 is 2.77 bits per heavy atom. The number of benzene rings is 1. The van der Waals surface area contributed by atoms with Crippen LogP contribution in [0.5, 0.6) is 0 Å². The van der Waals surface area contributed by atoms with E-state index in [1.165, 1.54) is 11.3 Å². The van der Waals surface area contributed by atoms with Crippen LogP contribution in [-0.4, -0.2) is 41.8 Å². The highest BCUT2D eigenvalue weighted by Crippen LogP contribution is 2.30. The molecule has 1 aromatic carbocycles. The van der Waals surface area contributed by atoms with Crippen molar-refractivity contribution in [3.63, 3.8) is 0 Å². The molecular weight excluding hydrogens is 298 g/mol. The Labute approximate surface area is 135 Å². The number of carbonyl (C=O) groups is 1. The van der Waals surface area contributed by atoms with Crippen LogP contribution in [0.25, 0.3) is 10.1 Å². The third-order valence-corrected chi connectivity index (χ3v) is 4.84. The number of thiophene rings is 1. The van der Waals surface area contributed by atoms with Crippen LogP contribution in [-0.2, 0) is 0 Å². The summed E-state index contributed by atoms with van der Waals surface area (Å²) >= 11 is 1.50. The Hall–Kier alpha value is -1.43. The molecule has 0 fully saturated rings. The van der Waals surface area contributed by atoms with Gasteiger partial charge in [0.05, 0.1) is 17.6 Å². The molecule has 22 heavy (non-hydrogen) atoms. The quantitative estimate of drug-likeness (QED) is 0.734. The van der Waals surface area contributed by atoms with Gasteiger partial charge in [-0.1, -0.05) is 19.4 Å². The second-order valence-corrected chi connectivity index (χ2v) is 6.61. The molecule has 0 amide bonds. The number of nitrogens with zero attached hydrogens (tertiary/aromatic N) is 1. The Morgan fingerprint density at radius 2 is 2.14 bits per heavy atom. The number of aliphatic hydroxyl groups excluding tert-OH is 2. The second kappa shape index (κ2) is 7.72. The first-order valence-corrected chi connectivity index (χ1v) is 8.45. The lowest BCUT2D eigenvalue weighted by atomic mass is 10.2. The van der Waals surface area contributed by atoms with Crippen molar-refractivity contribution in [2.75, 3.05) is 24.6 Å². The average Bonchev–Trinajstić information content (AvgIpc) is 2.94. The normalized spacial score (nSPS) is 12.5. The van der Waals surface area contributed by atoms with E-state index >= 15 is 0 Å². The smallest absolute Gasteiger partial charge is 0.169 e. The fraction of sp³-hybridized carbons (Fsp3) is 0.471. The van der Waals surface area contributed by atoms with Crippen molar-refractivity contribution in [3.05, 3.63) is 29.1 Å². The number of fused-ring (bicyclic) bond motifs is 1. The van der Waals surface area contributed by atoms with Gasteiger partial charge in [-0.15, -0.1) is 11.3 Å². The molecule has 0 saturated heterocycles. The van der Waals surface area contributed by atoms with Gasteiger partial charge >= 0.3 is 0 Å².